The number of imide groups is 1. The Morgan fingerprint density at radius 2 is 1.88 bits per heavy atom. The Bertz CT molecular complexity index is 736. The average molecular weight is 391 g/mol. The quantitative estimate of drug-likeness (QED) is 0.494. The molecule has 1 N–H and O–H groups in total. The van der Waals surface area contributed by atoms with Crippen molar-refractivity contribution in [1.29, 1.82) is 0 Å². The van der Waals surface area contributed by atoms with Gasteiger partial charge in [-0.2, -0.15) is 0 Å². The van der Waals surface area contributed by atoms with E-state index in [-0.39, 0.29) is 66.6 Å². The highest BCUT2D eigenvalue weighted by atomic mass is 35.5. The van der Waals surface area contributed by atoms with Crippen LogP contribution in [0.1, 0.15) is 12.8 Å². The zero-order chi connectivity index (χ0) is 18.4. The summed E-state index contributed by atoms with van der Waals surface area (Å²) in [7, 11) is -2.44. The third kappa shape index (κ3) is 5.15. The van der Waals surface area contributed by atoms with Crippen molar-refractivity contribution in [3.8, 4) is 5.75 Å². The second-order valence-corrected chi connectivity index (χ2v) is 7.42. The molecular weight excluding hydrogens is 372 g/mol. The molecule has 1 heterocycles. The van der Waals surface area contributed by atoms with Crippen LogP contribution in [0.15, 0.2) is 23.1 Å². The van der Waals surface area contributed by atoms with Gasteiger partial charge in [-0.25, -0.2) is 13.1 Å². The third-order valence-corrected chi connectivity index (χ3v) is 5.29. The Morgan fingerprint density at radius 3 is 2.52 bits per heavy atom. The lowest BCUT2D eigenvalue weighted by atomic mass is 10.3. The van der Waals surface area contributed by atoms with E-state index in [0.717, 1.165) is 4.90 Å². The number of methoxy groups -OCH3 is 1. The Morgan fingerprint density at radius 1 is 1.20 bits per heavy atom. The van der Waals surface area contributed by atoms with Crippen molar-refractivity contribution in [2.45, 2.75) is 17.7 Å². The number of ether oxygens (including phenoxy) is 2. The van der Waals surface area contributed by atoms with Crippen LogP contribution in [0, 0.1) is 0 Å². The fraction of sp³-hybridized carbons (Fsp3) is 0.467. The van der Waals surface area contributed by atoms with Crippen LogP contribution < -0.4 is 9.46 Å². The number of hydrogen-bond donors (Lipinski definition) is 1. The lowest BCUT2D eigenvalue weighted by molar-refractivity contribution is -0.139. The van der Waals surface area contributed by atoms with E-state index in [4.69, 9.17) is 21.1 Å². The number of sulfonamides is 1. The Kier molecular flexibility index (Phi) is 6.77. The number of rotatable bonds is 9. The average Bonchev–Trinajstić information content (AvgIpc) is 2.89. The van der Waals surface area contributed by atoms with Gasteiger partial charge < -0.3 is 9.47 Å². The summed E-state index contributed by atoms with van der Waals surface area (Å²) in [5, 5.41) is 0.275. The number of nitrogens with zero attached hydrogens (tertiary/aromatic N) is 1. The zero-order valence-electron chi connectivity index (χ0n) is 13.7. The minimum absolute atomic E-state index is 0.0277. The minimum Gasteiger partial charge on any atom is -0.495 e. The van der Waals surface area contributed by atoms with Gasteiger partial charge in [0.05, 0.1) is 26.9 Å². The lowest BCUT2D eigenvalue weighted by Gasteiger charge is -2.14. The molecule has 1 aromatic rings. The fourth-order valence-corrected chi connectivity index (χ4v) is 3.76. The molecule has 0 atom stereocenters. The number of hydrogen-bond acceptors (Lipinski definition) is 6. The van der Waals surface area contributed by atoms with Gasteiger partial charge in [0.1, 0.15) is 10.6 Å². The molecule has 2 rings (SSSR count). The molecule has 8 nitrogen and oxygen atoms in total. The second kappa shape index (κ2) is 8.61. The normalized spacial score (nSPS) is 15.0. The van der Waals surface area contributed by atoms with Crippen molar-refractivity contribution in [3.63, 3.8) is 0 Å². The Balaban J connectivity index is 1.78. The van der Waals surface area contributed by atoms with Gasteiger partial charge in [-0.15, -0.1) is 0 Å². The highest BCUT2D eigenvalue weighted by molar-refractivity contribution is 7.89. The second-order valence-electron chi connectivity index (χ2n) is 5.24. The number of nitrogens with one attached hydrogen (secondary N) is 1. The van der Waals surface area contributed by atoms with Crippen LogP contribution in [0.4, 0.5) is 0 Å². The largest absolute Gasteiger partial charge is 0.495 e. The summed E-state index contributed by atoms with van der Waals surface area (Å²) in [6, 6.07) is 4.30. The molecule has 1 fully saturated rings. The molecule has 0 aromatic heterocycles. The maximum absolute atomic E-state index is 12.3. The smallest absolute Gasteiger partial charge is 0.244 e. The first-order valence-electron chi connectivity index (χ1n) is 7.59. The van der Waals surface area contributed by atoms with Crippen LogP contribution in [0.25, 0.3) is 0 Å². The third-order valence-electron chi connectivity index (χ3n) is 3.57. The number of benzene rings is 1. The molecule has 0 radical (unpaired) electrons. The SMILES string of the molecule is COc1ccc(Cl)cc1S(=O)(=O)NCCOCCN1C(=O)CCC1=O. The molecule has 0 spiro atoms. The van der Waals surface area contributed by atoms with E-state index in [1.54, 1.807) is 0 Å². The number of carbonyl (C=O) groups excluding carboxylic acids is 2. The topological polar surface area (TPSA) is 102 Å². The van der Waals surface area contributed by atoms with E-state index >= 15 is 0 Å². The number of halogens is 1. The van der Waals surface area contributed by atoms with Crippen molar-refractivity contribution in [3.05, 3.63) is 23.2 Å². The minimum atomic E-state index is -3.80. The van der Waals surface area contributed by atoms with Gasteiger partial charge in [0.15, 0.2) is 0 Å². The number of carbonyl (C=O) groups is 2. The summed E-state index contributed by atoms with van der Waals surface area (Å²) in [5.74, 6) is -0.228. The Hall–Kier alpha value is -1.68. The number of amides is 2. The summed E-state index contributed by atoms with van der Waals surface area (Å²) in [6.07, 6.45) is 0.472. The van der Waals surface area contributed by atoms with Crippen LogP contribution in [-0.4, -0.2) is 58.5 Å². The van der Waals surface area contributed by atoms with Gasteiger partial charge in [0, 0.05) is 24.4 Å². The van der Waals surface area contributed by atoms with Crippen molar-refractivity contribution in [2.24, 2.45) is 0 Å². The summed E-state index contributed by atoms with van der Waals surface area (Å²) >= 11 is 5.84. The molecule has 0 aliphatic carbocycles. The number of likely N-dealkylation sites (tertiary alicyclic amines) is 1. The molecule has 10 heteroatoms. The molecule has 25 heavy (non-hydrogen) atoms. The van der Waals surface area contributed by atoms with Crippen molar-refractivity contribution >= 4 is 33.4 Å². The molecule has 0 saturated carbocycles. The maximum Gasteiger partial charge on any atom is 0.244 e. The van der Waals surface area contributed by atoms with Crippen LogP contribution in [-0.2, 0) is 24.3 Å². The van der Waals surface area contributed by atoms with Crippen molar-refractivity contribution < 1.29 is 27.5 Å². The molecule has 0 bridgehead atoms. The molecule has 1 aliphatic rings. The molecule has 1 aliphatic heterocycles. The highest BCUT2D eigenvalue weighted by Gasteiger charge is 2.28. The van der Waals surface area contributed by atoms with E-state index < -0.39 is 10.0 Å². The first-order valence-corrected chi connectivity index (χ1v) is 9.45. The first kappa shape index (κ1) is 19.6. The van der Waals surface area contributed by atoms with Crippen molar-refractivity contribution in [2.75, 3.05) is 33.4 Å². The Labute approximate surface area is 151 Å². The van der Waals surface area contributed by atoms with E-state index in [0.29, 0.717) is 0 Å². The summed E-state index contributed by atoms with van der Waals surface area (Å²) in [6.45, 7) is 0.449. The molecule has 1 aromatic carbocycles. The standard InChI is InChI=1S/C15H19ClN2O6S/c1-23-12-3-2-11(16)10-13(12)25(21,22)17-6-8-24-9-7-18-14(19)4-5-15(18)20/h2-3,10,17H,4-9H2,1H3. The molecular formula is C15H19ClN2O6S. The van der Waals surface area contributed by atoms with Gasteiger partial charge in [0.2, 0.25) is 21.8 Å². The van der Waals surface area contributed by atoms with E-state index in [9.17, 15) is 18.0 Å². The maximum atomic E-state index is 12.3. The molecule has 1 saturated heterocycles. The predicted molar refractivity (Wildman–Crippen MR) is 90.0 cm³/mol. The fourth-order valence-electron chi connectivity index (χ4n) is 2.32. The van der Waals surface area contributed by atoms with Crippen molar-refractivity contribution in [1.82, 2.24) is 9.62 Å². The zero-order valence-corrected chi connectivity index (χ0v) is 15.2. The lowest BCUT2D eigenvalue weighted by Crippen LogP contribution is -2.33. The van der Waals surface area contributed by atoms with E-state index in [2.05, 4.69) is 4.72 Å². The van der Waals surface area contributed by atoms with Crippen LogP contribution in [0.2, 0.25) is 5.02 Å². The van der Waals surface area contributed by atoms with Crippen LogP contribution >= 0.6 is 11.6 Å². The molecule has 2 amide bonds. The summed E-state index contributed by atoms with van der Waals surface area (Å²) in [4.78, 5) is 23.9. The summed E-state index contributed by atoms with van der Waals surface area (Å²) < 4.78 is 37.3. The first-order chi connectivity index (χ1) is 11.8. The summed E-state index contributed by atoms with van der Waals surface area (Å²) in [5.41, 5.74) is 0. The van der Waals surface area contributed by atoms with E-state index in [1.807, 2.05) is 0 Å². The van der Waals surface area contributed by atoms with Crippen LogP contribution in [0.3, 0.4) is 0 Å². The van der Waals surface area contributed by atoms with Gasteiger partial charge in [-0.3, -0.25) is 14.5 Å². The van der Waals surface area contributed by atoms with Gasteiger partial charge in [-0.1, -0.05) is 11.6 Å². The van der Waals surface area contributed by atoms with E-state index in [1.165, 1.54) is 25.3 Å². The van der Waals surface area contributed by atoms with Gasteiger partial charge >= 0.3 is 0 Å². The molecule has 0 unspecified atom stereocenters. The molecule has 138 valence electrons. The highest BCUT2D eigenvalue weighted by Crippen LogP contribution is 2.26. The van der Waals surface area contributed by atoms with Crippen LogP contribution in [0.5, 0.6) is 5.75 Å². The van der Waals surface area contributed by atoms with Gasteiger partial charge in [0.25, 0.3) is 0 Å². The predicted octanol–water partition coefficient (Wildman–Crippen LogP) is 0.792. The monoisotopic (exact) mass is 390 g/mol. The van der Waals surface area contributed by atoms with Gasteiger partial charge in [-0.05, 0) is 18.2 Å².